The number of allylic oxidation sites excluding steroid dienone is 1. The molecule has 1 fully saturated rings. The Morgan fingerprint density at radius 3 is 2.57 bits per heavy atom. The zero-order valence-corrected chi connectivity index (χ0v) is 8.00. The van der Waals surface area contributed by atoms with E-state index in [0.29, 0.717) is 0 Å². The van der Waals surface area contributed by atoms with Crippen molar-refractivity contribution in [3.8, 4) is 12.1 Å². The second-order valence-electron chi connectivity index (χ2n) is 2.51. The van der Waals surface area contributed by atoms with Crippen LogP contribution in [0.2, 0.25) is 0 Å². The van der Waals surface area contributed by atoms with E-state index < -0.39 is 5.12 Å². The quantitative estimate of drug-likeness (QED) is 0.360. The van der Waals surface area contributed by atoms with Gasteiger partial charge in [0.1, 0.15) is 17.7 Å². The smallest absolute Gasteiger partial charge is 0.242 e. The van der Waals surface area contributed by atoms with Gasteiger partial charge in [-0.3, -0.25) is 4.79 Å². The molecule has 14 heavy (non-hydrogen) atoms. The highest BCUT2D eigenvalue weighted by atomic mass is 32.2. The largest absolute Gasteiger partial charge is 0.410 e. The van der Waals surface area contributed by atoms with Crippen molar-refractivity contribution in [1.82, 2.24) is 0 Å². The number of carbonyl (C=O) groups excluding carboxylic acids is 1. The Kier molecular flexibility index (Phi) is 2.90. The van der Waals surface area contributed by atoms with Gasteiger partial charge < -0.3 is 5.21 Å². The molecule has 1 unspecified atom stereocenters. The monoisotopic (exact) mass is 207 g/mol. The highest BCUT2D eigenvalue weighted by Crippen LogP contribution is 2.32. The van der Waals surface area contributed by atoms with Crippen LogP contribution in [0.3, 0.4) is 0 Å². The lowest BCUT2D eigenvalue weighted by Gasteiger charge is -2.00. The van der Waals surface area contributed by atoms with Crippen molar-refractivity contribution >= 4 is 22.6 Å². The van der Waals surface area contributed by atoms with Crippen LogP contribution in [0.25, 0.3) is 0 Å². The van der Waals surface area contributed by atoms with Crippen molar-refractivity contribution in [3.63, 3.8) is 0 Å². The van der Waals surface area contributed by atoms with Gasteiger partial charge in [-0.25, -0.2) is 0 Å². The predicted molar refractivity (Wildman–Crippen MR) is 49.5 cm³/mol. The molecule has 1 heterocycles. The fraction of sp³-hybridized carbons (Fsp3) is 0.250. The molecule has 1 atom stereocenters. The normalized spacial score (nSPS) is 23.4. The number of thioether (sulfide) groups is 1. The standard InChI is InChI=1S/C8H5N3O2S/c1-4-6(5(2-9)3-10)7(11-13)8(12)14-4/h4,13H,1H3/b11-7-. The first-order chi connectivity index (χ1) is 6.65. The van der Waals surface area contributed by atoms with Crippen molar-refractivity contribution in [1.29, 1.82) is 10.5 Å². The van der Waals surface area contributed by atoms with Crippen molar-refractivity contribution in [2.24, 2.45) is 5.16 Å². The highest BCUT2D eigenvalue weighted by molar-refractivity contribution is 8.17. The Hall–Kier alpha value is -1.79. The van der Waals surface area contributed by atoms with Gasteiger partial charge >= 0.3 is 0 Å². The van der Waals surface area contributed by atoms with Gasteiger partial charge in [-0.1, -0.05) is 16.9 Å². The molecule has 0 bridgehead atoms. The first-order valence-corrected chi connectivity index (χ1v) is 4.51. The molecule has 0 aromatic heterocycles. The minimum atomic E-state index is -0.419. The van der Waals surface area contributed by atoms with Crippen molar-refractivity contribution in [2.45, 2.75) is 12.2 Å². The number of rotatable bonds is 0. The van der Waals surface area contributed by atoms with E-state index in [1.807, 2.05) is 0 Å². The van der Waals surface area contributed by atoms with E-state index in [1.165, 1.54) is 0 Å². The van der Waals surface area contributed by atoms with Gasteiger partial charge in [-0.15, -0.1) is 0 Å². The molecule has 1 aliphatic rings. The van der Waals surface area contributed by atoms with Crippen LogP contribution in [-0.4, -0.2) is 21.3 Å². The number of oxime groups is 1. The van der Waals surface area contributed by atoms with Gasteiger partial charge in [0.2, 0.25) is 5.12 Å². The average Bonchev–Trinajstić information content (AvgIpc) is 2.44. The third kappa shape index (κ3) is 1.48. The summed E-state index contributed by atoms with van der Waals surface area (Å²) < 4.78 is 0. The Balaban J connectivity index is 3.37. The maximum absolute atomic E-state index is 11.2. The summed E-state index contributed by atoms with van der Waals surface area (Å²) in [6, 6.07) is 3.34. The molecule has 5 nitrogen and oxygen atoms in total. The molecule has 0 aromatic rings. The summed E-state index contributed by atoms with van der Waals surface area (Å²) in [7, 11) is 0. The van der Waals surface area contributed by atoms with Crippen LogP contribution in [0.15, 0.2) is 16.3 Å². The van der Waals surface area contributed by atoms with Crippen LogP contribution in [0, 0.1) is 22.7 Å². The van der Waals surface area contributed by atoms with Crippen LogP contribution in [0.1, 0.15) is 6.92 Å². The summed E-state index contributed by atoms with van der Waals surface area (Å²) >= 11 is 0.930. The van der Waals surface area contributed by atoms with Crippen LogP contribution in [0.5, 0.6) is 0 Å². The number of hydrogen-bond acceptors (Lipinski definition) is 6. The second-order valence-corrected chi connectivity index (χ2v) is 3.82. The number of nitrogens with zero attached hydrogens (tertiary/aromatic N) is 3. The van der Waals surface area contributed by atoms with E-state index in [1.54, 1.807) is 19.1 Å². The summed E-state index contributed by atoms with van der Waals surface area (Å²) in [6.07, 6.45) is 0. The third-order valence-electron chi connectivity index (χ3n) is 1.73. The molecule has 1 saturated heterocycles. The van der Waals surface area contributed by atoms with Gasteiger partial charge in [0.05, 0.1) is 0 Å². The minimum absolute atomic E-state index is 0.177. The predicted octanol–water partition coefficient (Wildman–Crippen LogP) is 0.822. The van der Waals surface area contributed by atoms with Crippen LogP contribution in [0.4, 0.5) is 0 Å². The lowest BCUT2D eigenvalue weighted by atomic mass is 10.0. The van der Waals surface area contributed by atoms with Crippen molar-refractivity contribution in [3.05, 3.63) is 11.1 Å². The molecule has 0 radical (unpaired) electrons. The fourth-order valence-corrected chi connectivity index (χ4v) is 2.07. The first kappa shape index (κ1) is 10.3. The molecular weight excluding hydrogens is 202 g/mol. The summed E-state index contributed by atoms with van der Waals surface area (Å²) in [5, 5.41) is 27.9. The Bertz CT molecular complexity index is 409. The maximum Gasteiger partial charge on any atom is 0.242 e. The van der Waals surface area contributed by atoms with Crippen LogP contribution in [-0.2, 0) is 4.79 Å². The maximum atomic E-state index is 11.2. The number of hydrogen-bond donors (Lipinski definition) is 1. The average molecular weight is 207 g/mol. The second kappa shape index (κ2) is 3.95. The Labute approximate surface area is 84.3 Å². The van der Waals surface area contributed by atoms with E-state index in [2.05, 4.69) is 5.16 Å². The van der Waals surface area contributed by atoms with Crippen molar-refractivity contribution < 1.29 is 10.0 Å². The third-order valence-corrected chi connectivity index (χ3v) is 2.73. The van der Waals surface area contributed by atoms with Gasteiger partial charge in [-0.05, 0) is 6.92 Å². The Morgan fingerprint density at radius 1 is 1.57 bits per heavy atom. The van der Waals surface area contributed by atoms with E-state index >= 15 is 0 Å². The summed E-state index contributed by atoms with van der Waals surface area (Å²) in [5.41, 5.74) is -0.156. The van der Waals surface area contributed by atoms with Crippen molar-refractivity contribution in [2.75, 3.05) is 0 Å². The van der Waals surface area contributed by atoms with E-state index in [9.17, 15) is 4.79 Å². The van der Waals surface area contributed by atoms with E-state index in [-0.39, 0.29) is 22.1 Å². The molecule has 1 rings (SSSR count). The van der Waals surface area contributed by atoms with Gasteiger partial charge in [0.25, 0.3) is 0 Å². The molecule has 0 aromatic carbocycles. The molecule has 0 aliphatic carbocycles. The van der Waals surface area contributed by atoms with Gasteiger partial charge in [0, 0.05) is 10.8 Å². The summed E-state index contributed by atoms with van der Waals surface area (Å²) in [4.78, 5) is 11.2. The minimum Gasteiger partial charge on any atom is -0.410 e. The topological polar surface area (TPSA) is 97.2 Å². The van der Waals surface area contributed by atoms with Crippen LogP contribution < -0.4 is 0 Å². The first-order valence-electron chi connectivity index (χ1n) is 3.63. The van der Waals surface area contributed by atoms with Gasteiger partial charge in [0.15, 0.2) is 5.71 Å². The fourth-order valence-electron chi connectivity index (χ4n) is 1.14. The molecule has 0 amide bonds. The lowest BCUT2D eigenvalue weighted by Crippen LogP contribution is -2.09. The molecule has 1 aliphatic heterocycles. The summed E-state index contributed by atoms with van der Waals surface area (Å²) in [5.74, 6) is 0. The zero-order chi connectivity index (χ0) is 10.7. The number of carbonyl (C=O) groups is 1. The van der Waals surface area contributed by atoms with E-state index in [4.69, 9.17) is 15.7 Å². The molecule has 0 spiro atoms. The lowest BCUT2D eigenvalue weighted by molar-refractivity contribution is -0.105. The molecular formula is C8H5N3O2S. The summed E-state index contributed by atoms with van der Waals surface area (Å²) in [6.45, 7) is 1.67. The molecule has 0 saturated carbocycles. The van der Waals surface area contributed by atoms with Gasteiger partial charge in [-0.2, -0.15) is 10.5 Å². The zero-order valence-electron chi connectivity index (χ0n) is 7.18. The highest BCUT2D eigenvalue weighted by Gasteiger charge is 2.35. The molecule has 6 heteroatoms. The van der Waals surface area contributed by atoms with E-state index in [0.717, 1.165) is 11.8 Å². The number of nitriles is 2. The SMILES string of the molecule is CC1SC(=O)/C(=N\O)C1=C(C#N)C#N. The Morgan fingerprint density at radius 2 is 2.14 bits per heavy atom. The molecule has 70 valence electrons. The molecule has 1 N–H and O–H groups in total. The van der Waals surface area contributed by atoms with Crippen LogP contribution >= 0.6 is 11.8 Å².